The molecule has 0 saturated carbocycles. The van der Waals surface area contributed by atoms with Crippen LogP contribution in [0.5, 0.6) is 0 Å². The number of halogens is 3. The number of aromatic nitrogens is 2. The summed E-state index contributed by atoms with van der Waals surface area (Å²) >= 11 is 4.34. The fraction of sp³-hybridized carbons (Fsp3) is 0.360. The van der Waals surface area contributed by atoms with Gasteiger partial charge in [-0.05, 0) is 60.3 Å². The van der Waals surface area contributed by atoms with Crippen LogP contribution in [0.1, 0.15) is 32.6 Å². The van der Waals surface area contributed by atoms with Gasteiger partial charge >= 0.3 is 5.97 Å². The van der Waals surface area contributed by atoms with Crippen LogP contribution in [0.15, 0.2) is 33.8 Å². The molecule has 2 aromatic heterocycles. The number of hydrogen-bond donors (Lipinski definition) is 0. The molecular weight excluding hydrogens is 556 g/mol. The standard InChI is InChI=1S/C25H22BrF2N3O4S/c1-14(32)35-24(2,3)8-7-18-20(15-5-6-17(27)16(26)9-15)21-22(36-18)29-13-30(23(21)34)10-19(33)31-11-25(4,28)12-31/h5-6,9,13H,10-12H2,1-4H3. The zero-order chi connectivity index (χ0) is 26.4. The number of nitrogens with zero attached hydrogens (tertiary/aromatic N) is 3. The minimum absolute atomic E-state index is 0.0264. The minimum Gasteiger partial charge on any atom is -0.447 e. The lowest BCUT2D eigenvalue weighted by Gasteiger charge is -2.42. The maximum absolute atomic E-state index is 14.0. The third kappa shape index (κ3) is 5.34. The molecule has 0 spiro atoms. The lowest BCUT2D eigenvalue weighted by atomic mass is 9.99. The zero-order valence-corrected chi connectivity index (χ0v) is 22.3. The first-order valence-corrected chi connectivity index (χ1v) is 12.5. The van der Waals surface area contributed by atoms with E-state index >= 15 is 0 Å². The molecule has 0 aliphatic carbocycles. The van der Waals surface area contributed by atoms with Crippen molar-refractivity contribution in [1.82, 2.24) is 14.5 Å². The number of likely N-dealkylation sites (tertiary alicyclic amines) is 1. The molecule has 3 aromatic rings. The molecule has 0 atom stereocenters. The fourth-order valence-electron chi connectivity index (χ4n) is 3.92. The number of amides is 1. The van der Waals surface area contributed by atoms with Gasteiger partial charge in [0.25, 0.3) is 5.56 Å². The molecule has 1 amide bonds. The van der Waals surface area contributed by atoms with E-state index in [1.54, 1.807) is 13.8 Å². The average Bonchev–Trinajstić information content (AvgIpc) is 3.13. The summed E-state index contributed by atoms with van der Waals surface area (Å²) in [5, 5.41) is 0.224. The summed E-state index contributed by atoms with van der Waals surface area (Å²) in [7, 11) is 0. The topological polar surface area (TPSA) is 81.5 Å². The maximum Gasteiger partial charge on any atom is 0.304 e. The van der Waals surface area contributed by atoms with E-state index in [2.05, 4.69) is 32.8 Å². The quantitative estimate of drug-likeness (QED) is 0.341. The molecule has 1 fully saturated rings. The van der Waals surface area contributed by atoms with E-state index in [1.807, 2.05) is 0 Å². The third-order valence-electron chi connectivity index (χ3n) is 5.46. The molecule has 4 rings (SSSR count). The normalized spacial score (nSPS) is 14.7. The number of hydrogen-bond acceptors (Lipinski definition) is 6. The lowest BCUT2D eigenvalue weighted by molar-refractivity contribution is -0.149. The molecule has 1 aromatic carbocycles. The first-order chi connectivity index (χ1) is 16.8. The van der Waals surface area contributed by atoms with Crippen molar-refractivity contribution in [2.24, 2.45) is 0 Å². The van der Waals surface area contributed by atoms with Crippen molar-refractivity contribution in [2.75, 3.05) is 13.1 Å². The highest BCUT2D eigenvalue weighted by molar-refractivity contribution is 9.10. The second kappa shape index (κ2) is 9.41. The van der Waals surface area contributed by atoms with Gasteiger partial charge in [0, 0.05) is 12.5 Å². The predicted molar refractivity (Wildman–Crippen MR) is 136 cm³/mol. The van der Waals surface area contributed by atoms with E-state index in [-0.39, 0.29) is 29.5 Å². The SMILES string of the molecule is CC(=O)OC(C)(C)C#Cc1sc2ncn(CC(=O)N3CC(C)(F)C3)c(=O)c2c1-c1ccc(F)c(Br)c1. The van der Waals surface area contributed by atoms with Crippen molar-refractivity contribution in [3.8, 4) is 23.0 Å². The molecule has 7 nitrogen and oxygen atoms in total. The lowest BCUT2D eigenvalue weighted by Crippen LogP contribution is -2.60. The molecule has 3 heterocycles. The van der Waals surface area contributed by atoms with Crippen LogP contribution >= 0.6 is 27.3 Å². The van der Waals surface area contributed by atoms with Crippen molar-refractivity contribution in [3.05, 3.63) is 50.0 Å². The molecule has 1 aliphatic heterocycles. The summed E-state index contributed by atoms with van der Waals surface area (Å²) in [6.07, 6.45) is 1.28. The van der Waals surface area contributed by atoms with Gasteiger partial charge in [-0.2, -0.15) is 0 Å². The number of thiophene rings is 1. The van der Waals surface area contributed by atoms with Crippen LogP contribution in [0.4, 0.5) is 8.78 Å². The molecule has 188 valence electrons. The smallest absolute Gasteiger partial charge is 0.304 e. The summed E-state index contributed by atoms with van der Waals surface area (Å²) in [4.78, 5) is 44.1. The summed E-state index contributed by atoms with van der Waals surface area (Å²) in [6.45, 7) is 5.63. The van der Waals surface area contributed by atoms with Gasteiger partial charge in [-0.25, -0.2) is 13.8 Å². The number of benzene rings is 1. The largest absolute Gasteiger partial charge is 0.447 e. The summed E-state index contributed by atoms with van der Waals surface area (Å²) in [5.74, 6) is 4.54. The van der Waals surface area contributed by atoms with Crippen molar-refractivity contribution in [3.63, 3.8) is 0 Å². The van der Waals surface area contributed by atoms with Gasteiger partial charge in [0.2, 0.25) is 5.91 Å². The number of rotatable bonds is 4. The van der Waals surface area contributed by atoms with Gasteiger partial charge in [0.15, 0.2) is 5.60 Å². The van der Waals surface area contributed by atoms with E-state index in [0.29, 0.717) is 20.8 Å². The first-order valence-electron chi connectivity index (χ1n) is 10.9. The fourth-order valence-corrected chi connectivity index (χ4v) is 5.31. The Morgan fingerprint density at radius 2 is 2.03 bits per heavy atom. The van der Waals surface area contributed by atoms with Gasteiger partial charge in [-0.3, -0.25) is 19.0 Å². The van der Waals surface area contributed by atoms with Gasteiger partial charge < -0.3 is 9.64 Å². The Hall–Kier alpha value is -3.10. The minimum atomic E-state index is -1.42. The van der Waals surface area contributed by atoms with E-state index in [1.165, 1.54) is 47.8 Å². The Bertz CT molecular complexity index is 1510. The predicted octanol–water partition coefficient (Wildman–Crippen LogP) is 4.29. The van der Waals surface area contributed by atoms with Gasteiger partial charge in [-0.1, -0.05) is 12.0 Å². The van der Waals surface area contributed by atoms with Crippen molar-refractivity contribution >= 4 is 49.4 Å². The van der Waals surface area contributed by atoms with E-state index < -0.39 is 34.5 Å². The van der Waals surface area contributed by atoms with Crippen LogP contribution < -0.4 is 5.56 Å². The molecule has 36 heavy (non-hydrogen) atoms. The molecule has 0 unspecified atom stereocenters. The summed E-state index contributed by atoms with van der Waals surface area (Å²) in [5.41, 5.74) is -2.04. The van der Waals surface area contributed by atoms with E-state index in [0.717, 1.165) is 11.3 Å². The Balaban J connectivity index is 1.83. The van der Waals surface area contributed by atoms with E-state index in [9.17, 15) is 23.2 Å². The second-order valence-electron chi connectivity index (χ2n) is 9.31. The highest BCUT2D eigenvalue weighted by Gasteiger charge is 2.41. The molecule has 1 aliphatic rings. The Labute approximate surface area is 218 Å². The molecule has 1 saturated heterocycles. The van der Waals surface area contributed by atoms with Crippen LogP contribution in [0, 0.1) is 17.7 Å². The molecule has 0 radical (unpaired) electrons. The number of alkyl halides is 1. The number of carbonyl (C=O) groups is 2. The number of esters is 1. The maximum atomic E-state index is 14.0. The van der Waals surface area contributed by atoms with E-state index in [4.69, 9.17) is 4.74 Å². The first kappa shape index (κ1) is 26.0. The highest BCUT2D eigenvalue weighted by Crippen LogP contribution is 2.37. The van der Waals surface area contributed by atoms with Crippen molar-refractivity contribution in [1.29, 1.82) is 0 Å². The van der Waals surface area contributed by atoms with Crippen LogP contribution in [-0.4, -0.2) is 50.7 Å². The third-order valence-corrected chi connectivity index (χ3v) is 7.08. The number of ether oxygens (including phenoxy) is 1. The van der Waals surface area contributed by atoms with Gasteiger partial charge in [0.05, 0.1) is 34.2 Å². The van der Waals surface area contributed by atoms with Crippen LogP contribution in [0.3, 0.4) is 0 Å². The number of carbonyl (C=O) groups excluding carboxylic acids is 2. The molecule has 11 heteroatoms. The van der Waals surface area contributed by atoms with Crippen LogP contribution in [0.2, 0.25) is 0 Å². The van der Waals surface area contributed by atoms with Gasteiger partial charge in [0.1, 0.15) is 22.9 Å². The molecule has 0 bridgehead atoms. The Morgan fingerprint density at radius 1 is 1.33 bits per heavy atom. The molecule has 0 N–H and O–H groups in total. The Morgan fingerprint density at radius 3 is 2.64 bits per heavy atom. The zero-order valence-electron chi connectivity index (χ0n) is 19.9. The summed E-state index contributed by atoms with van der Waals surface area (Å²) < 4.78 is 34.4. The second-order valence-corrected chi connectivity index (χ2v) is 11.2. The number of fused-ring (bicyclic) bond motifs is 1. The monoisotopic (exact) mass is 577 g/mol. The molecular formula is C25H22BrF2N3O4S. The van der Waals surface area contributed by atoms with Crippen LogP contribution in [-0.2, 0) is 20.9 Å². The summed E-state index contributed by atoms with van der Waals surface area (Å²) in [6, 6.07) is 4.32. The average molecular weight is 578 g/mol. The van der Waals surface area contributed by atoms with Crippen molar-refractivity contribution < 1.29 is 23.1 Å². The van der Waals surface area contributed by atoms with Crippen LogP contribution in [0.25, 0.3) is 21.3 Å². The van der Waals surface area contributed by atoms with Crippen molar-refractivity contribution in [2.45, 2.75) is 45.5 Å². The highest BCUT2D eigenvalue weighted by atomic mass is 79.9. The Kier molecular flexibility index (Phi) is 6.79. The van der Waals surface area contributed by atoms with Gasteiger partial charge in [-0.15, -0.1) is 11.3 Å².